The van der Waals surface area contributed by atoms with Gasteiger partial charge in [0.1, 0.15) is 11.9 Å². The van der Waals surface area contributed by atoms with Crippen molar-refractivity contribution in [3.63, 3.8) is 0 Å². The van der Waals surface area contributed by atoms with Gasteiger partial charge in [0.25, 0.3) is 0 Å². The summed E-state index contributed by atoms with van der Waals surface area (Å²) in [4.78, 5) is 24.2. The van der Waals surface area contributed by atoms with Crippen LogP contribution in [-0.2, 0) is 11.0 Å². The molecular weight excluding hydrogens is 325 g/mol. The van der Waals surface area contributed by atoms with Gasteiger partial charge >= 0.3 is 12.1 Å². The smallest absolute Gasteiger partial charge is 0.433 e. The second-order valence-corrected chi connectivity index (χ2v) is 5.36. The zero-order chi connectivity index (χ0) is 17.3. The number of pyridine rings is 1. The summed E-state index contributed by atoms with van der Waals surface area (Å²) < 4.78 is 39.5. The maximum absolute atomic E-state index is 13.2. The molecule has 1 aliphatic rings. The van der Waals surface area contributed by atoms with Gasteiger partial charge in [-0.3, -0.25) is 4.98 Å². The predicted octanol–water partition coefficient (Wildman–Crippen LogP) is 2.61. The fraction of sp³-hybridized carbons (Fsp3) is 0.333. The van der Waals surface area contributed by atoms with E-state index in [1.807, 2.05) is 0 Å². The second-order valence-electron chi connectivity index (χ2n) is 5.36. The maximum atomic E-state index is 13.2. The Bertz CT molecular complexity index is 752. The number of halogens is 3. The summed E-state index contributed by atoms with van der Waals surface area (Å²) >= 11 is 0. The lowest BCUT2D eigenvalue weighted by Crippen LogP contribution is -2.36. The molecule has 3 rings (SSSR count). The summed E-state index contributed by atoms with van der Waals surface area (Å²) in [5.74, 6) is -1.26. The molecule has 0 aliphatic carbocycles. The van der Waals surface area contributed by atoms with E-state index in [4.69, 9.17) is 0 Å². The number of nitrogens with zero attached hydrogens (tertiary/aromatic N) is 4. The Morgan fingerprint density at radius 3 is 2.75 bits per heavy atom. The van der Waals surface area contributed by atoms with Crippen molar-refractivity contribution < 1.29 is 23.1 Å². The second kappa shape index (κ2) is 6.06. The molecule has 1 atom stereocenters. The van der Waals surface area contributed by atoms with E-state index in [-0.39, 0.29) is 11.6 Å². The van der Waals surface area contributed by atoms with E-state index < -0.39 is 23.9 Å². The summed E-state index contributed by atoms with van der Waals surface area (Å²) in [6.45, 7) is 0.331. The van der Waals surface area contributed by atoms with Crippen molar-refractivity contribution in [3.05, 3.63) is 36.3 Å². The summed E-state index contributed by atoms with van der Waals surface area (Å²) in [7, 11) is 0. The van der Waals surface area contributed by atoms with Crippen molar-refractivity contribution in [2.45, 2.75) is 25.1 Å². The first-order valence-corrected chi connectivity index (χ1v) is 7.22. The molecule has 1 saturated heterocycles. The number of anilines is 1. The Morgan fingerprint density at radius 2 is 2.12 bits per heavy atom. The lowest BCUT2D eigenvalue weighted by Gasteiger charge is -2.23. The standard InChI is InChI=1S/C15H13F3N4O2/c16-15(17,18)11-7-12(22-6-2-4-10(22)14(23)24)21-13(20-11)9-3-1-5-19-8-9/h1,3,5,7-8,10H,2,4,6H2,(H,23,24)/t10-/m1/s1. The highest BCUT2D eigenvalue weighted by atomic mass is 19.4. The van der Waals surface area contributed by atoms with Gasteiger partial charge in [0.15, 0.2) is 11.5 Å². The van der Waals surface area contributed by atoms with Gasteiger partial charge in [0.2, 0.25) is 0 Å². The molecule has 0 bridgehead atoms. The Hall–Kier alpha value is -2.71. The third kappa shape index (κ3) is 3.15. The average molecular weight is 338 g/mol. The third-order valence-electron chi connectivity index (χ3n) is 3.75. The van der Waals surface area contributed by atoms with E-state index in [2.05, 4.69) is 15.0 Å². The molecule has 1 fully saturated rings. The zero-order valence-electron chi connectivity index (χ0n) is 12.4. The largest absolute Gasteiger partial charge is 0.480 e. The normalized spacial score (nSPS) is 18.0. The van der Waals surface area contributed by atoms with Crippen molar-refractivity contribution in [1.29, 1.82) is 0 Å². The minimum absolute atomic E-state index is 0.0407. The molecule has 1 aliphatic heterocycles. The van der Waals surface area contributed by atoms with Crippen LogP contribution in [0.2, 0.25) is 0 Å². The molecule has 24 heavy (non-hydrogen) atoms. The van der Waals surface area contributed by atoms with E-state index in [9.17, 15) is 23.1 Å². The minimum Gasteiger partial charge on any atom is -0.480 e. The Kier molecular flexibility index (Phi) is 4.08. The molecule has 3 heterocycles. The lowest BCUT2D eigenvalue weighted by atomic mass is 10.2. The highest BCUT2D eigenvalue weighted by Gasteiger charge is 2.37. The van der Waals surface area contributed by atoms with Crippen LogP contribution >= 0.6 is 0 Å². The number of aromatic nitrogens is 3. The molecular formula is C15H13F3N4O2. The first-order valence-electron chi connectivity index (χ1n) is 7.22. The summed E-state index contributed by atoms with van der Waals surface area (Å²) in [5, 5.41) is 9.24. The number of carbonyl (C=O) groups is 1. The van der Waals surface area contributed by atoms with Crippen molar-refractivity contribution in [2.24, 2.45) is 0 Å². The number of carboxylic acids is 1. The zero-order valence-corrected chi connectivity index (χ0v) is 12.4. The molecule has 0 amide bonds. The quantitative estimate of drug-likeness (QED) is 0.927. The van der Waals surface area contributed by atoms with Gasteiger partial charge in [-0.2, -0.15) is 13.2 Å². The van der Waals surface area contributed by atoms with Gasteiger partial charge < -0.3 is 10.0 Å². The van der Waals surface area contributed by atoms with Crippen LogP contribution in [0.25, 0.3) is 11.4 Å². The first kappa shape index (κ1) is 16.2. The fourth-order valence-corrected chi connectivity index (χ4v) is 2.65. The number of hydrogen-bond donors (Lipinski definition) is 1. The van der Waals surface area contributed by atoms with Crippen molar-refractivity contribution in [3.8, 4) is 11.4 Å². The predicted molar refractivity (Wildman–Crippen MR) is 78.3 cm³/mol. The maximum Gasteiger partial charge on any atom is 0.433 e. The SMILES string of the molecule is O=C(O)[C@H]1CCCN1c1cc(C(F)(F)F)nc(-c2cccnc2)n1. The van der Waals surface area contributed by atoms with E-state index in [1.54, 1.807) is 12.1 Å². The monoisotopic (exact) mass is 338 g/mol. The van der Waals surface area contributed by atoms with Crippen LogP contribution in [0, 0.1) is 0 Å². The van der Waals surface area contributed by atoms with Crippen LogP contribution < -0.4 is 4.90 Å². The number of alkyl halides is 3. The van der Waals surface area contributed by atoms with Crippen LogP contribution in [0.3, 0.4) is 0 Å². The van der Waals surface area contributed by atoms with E-state index in [1.165, 1.54) is 17.3 Å². The minimum atomic E-state index is -4.66. The Morgan fingerprint density at radius 1 is 1.33 bits per heavy atom. The molecule has 0 saturated carbocycles. The van der Waals surface area contributed by atoms with Gasteiger partial charge in [-0.25, -0.2) is 14.8 Å². The van der Waals surface area contributed by atoms with E-state index >= 15 is 0 Å². The molecule has 1 N–H and O–H groups in total. The molecule has 2 aromatic heterocycles. The third-order valence-corrected chi connectivity index (χ3v) is 3.75. The molecule has 6 nitrogen and oxygen atoms in total. The fourth-order valence-electron chi connectivity index (χ4n) is 2.65. The van der Waals surface area contributed by atoms with E-state index in [0.717, 1.165) is 6.07 Å². The number of hydrogen-bond acceptors (Lipinski definition) is 5. The van der Waals surface area contributed by atoms with Crippen LogP contribution in [-0.4, -0.2) is 38.6 Å². The highest BCUT2D eigenvalue weighted by molar-refractivity contribution is 5.78. The summed E-state index contributed by atoms with van der Waals surface area (Å²) in [6, 6.07) is 3.02. The molecule has 0 unspecified atom stereocenters. The Labute approximate surface area is 135 Å². The first-order chi connectivity index (χ1) is 11.4. The van der Waals surface area contributed by atoms with Crippen molar-refractivity contribution >= 4 is 11.8 Å². The molecule has 0 spiro atoms. The van der Waals surface area contributed by atoms with Crippen molar-refractivity contribution in [1.82, 2.24) is 15.0 Å². The van der Waals surface area contributed by atoms with Crippen LogP contribution in [0.1, 0.15) is 18.5 Å². The van der Waals surface area contributed by atoms with Crippen LogP contribution in [0.5, 0.6) is 0 Å². The highest BCUT2D eigenvalue weighted by Crippen LogP contribution is 2.33. The molecule has 9 heteroatoms. The van der Waals surface area contributed by atoms with E-state index in [0.29, 0.717) is 24.9 Å². The molecule has 0 radical (unpaired) electrons. The lowest BCUT2D eigenvalue weighted by molar-refractivity contribution is -0.141. The molecule has 2 aromatic rings. The summed E-state index contributed by atoms with van der Waals surface area (Å²) in [5.41, 5.74) is -0.779. The number of rotatable bonds is 3. The van der Waals surface area contributed by atoms with Crippen LogP contribution in [0.15, 0.2) is 30.6 Å². The number of aliphatic carboxylic acids is 1. The Balaban J connectivity index is 2.11. The van der Waals surface area contributed by atoms with Gasteiger partial charge in [0, 0.05) is 30.6 Å². The summed E-state index contributed by atoms with van der Waals surface area (Å²) in [6.07, 6.45) is -0.878. The van der Waals surface area contributed by atoms with Gasteiger partial charge in [-0.05, 0) is 25.0 Å². The topological polar surface area (TPSA) is 79.2 Å². The number of carboxylic acid groups (broad SMARTS) is 1. The average Bonchev–Trinajstić information content (AvgIpc) is 3.04. The van der Waals surface area contributed by atoms with Crippen molar-refractivity contribution in [2.75, 3.05) is 11.4 Å². The van der Waals surface area contributed by atoms with Crippen LogP contribution in [0.4, 0.5) is 19.0 Å². The molecule has 126 valence electrons. The van der Waals surface area contributed by atoms with Gasteiger partial charge in [-0.15, -0.1) is 0 Å². The van der Waals surface area contributed by atoms with Gasteiger partial charge in [-0.1, -0.05) is 0 Å². The van der Waals surface area contributed by atoms with Gasteiger partial charge in [0.05, 0.1) is 0 Å². The molecule has 0 aromatic carbocycles.